The van der Waals surface area contributed by atoms with Crippen molar-refractivity contribution < 1.29 is 39.9 Å². The lowest BCUT2D eigenvalue weighted by Crippen LogP contribution is -2.50. The zero-order valence-electron chi connectivity index (χ0n) is 16.9. The van der Waals surface area contributed by atoms with Gasteiger partial charge in [-0.25, -0.2) is 22.0 Å². The summed E-state index contributed by atoms with van der Waals surface area (Å²) < 4.78 is 113. The Kier molecular flexibility index (Phi) is 7.61. The number of ether oxygens (including phenoxy) is 1. The Balaban J connectivity index is 1.59. The van der Waals surface area contributed by atoms with E-state index in [1.807, 2.05) is 0 Å². The largest absolute Gasteiger partial charge is 0.445 e. The van der Waals surface area contributed by atoms with Crippen LogP contribution in [0.15, 0.2) is 0 Å². The predicted octanol–water partition coefficient (Wildman–Crippen LogP) is 6.84. The summed E-state index contributed by atoms with van der Waals surface area (Å²) in [6, 6.07) is 0. The Hall–Kier alpha value is -0.600. The van der Waals surface area contributed by atoms with E-state index in [-0.39, 0.29) is 24.7 Å². The van der Waals surface area contributed by atoms with E-state index in [0.717, 1.165) is 25.7 Å². The van der Waals surface area contributed by atoms with Crippen LogP contribution in [-0.4, -0.2) is 43.3 Å². The molecular weight excluding hydrogens is 420 g/mol. The van der Waals surface area contributed by atoms with E-state index in [0.29, 0.717) is 5.92 Å². The lowest BCUT2D eigenvalue weighted by molar-refractivity contribution is -0.292. The second kappa shape index (κ2) is 9.49. The van der Waals surface area contributed by atoms with Gasteiger partial charge in [-0.2, -0.15) is 13.2 Å². The average Bonchev–Trinajstić information content (AvgIpc) is 2.63. The molecule has 5 unspecified atom stereocenters. The van der Waals surface area contributed by atoms with E-state index in [9.17, 15) is 35.1 Å². The highest BCUT2D eigenvalue weighted by atomic mass is 19.4. The molecule has 5 atom stereocenters. The highest BCUT2D eigenvalue weighted by molar-refractivity contribution is 4.98. The molecule has 3 aliphatic rings. The van der Waals surface area contributed by atoms with Crippen LogP contribution in [0.1, 0.15) is 58.3 Å². The maximum atomic E-state index is 15.0. The monoisotopic (exact) mass is 450 g/mol. The predicted molar refractivity (Wildman–Crippen MR) is 95.5 cm³/mol. The summed E-state index contributed by atoms with van der Waals surface area (Å²) in [6.07, 6.45) is -15.9. The van der Waals surface area contributed by atoms with E-state index >= 15 is 0 Å². The summed E-state index contributed by atoms with van der Waals surface area (Å²) in [5, 5.41) is 0. The van der Waals surface area contributed by atoms with E-state index in [4.69, 9.17) is 0 Å². The van der Waals surface area contributed by atoms with Gasteiger partial charge < -0.3 is 4.74 Å². The maximum Gasteiger partial charge on any atom is 0.445 e. The smallest absolute Gasteiger partial charge is 0.332 e. The molecule has 1 nitrogen and oxygen atoms in total. The topological polar surface area (TPSA) is 9.23 Å². The van der Waals surface area contributed by atoms with Crippen molar-refractivity contribution in [2.24, 2.45) is 29.6 Å². The molecule has 0 radical (unpaired) electrons. The first kappa shape index (κ1) is 24.1. The molecule has 0 aliphatic heterocycles. The molecule has 0 amide bonds. The maximum absolute atomic E-state index is 15.0. The van der Waals surface area contributed by atoms with Crippen molar-refractivity contribution in [1.29, 1.82) is 0 Å². The van der Waals surface area contributed by atoms with Gasteiger partial charge in [0.05, 0.1) is 0 Å². The molecule has 3 rings (SSSR count). The van der Waals surface area contributed by atoms with Gasteiger partial charge in [0.25, 0.3) is 6.36 Å². The fraction of sp³-hybridized carbons (Fsp3) is 1.00. The number of hydrogen-bond acceptors (Lipinski definition) is 1. The Morgan fingerprint density at radius 2 is 1.17 bits per heavy atom. The number of alkyl halides is 8. The normalized spacial score (nSPS) is 47.1. The van der Waals surface area contributed by atoms with Crippen molar-refractivity contribution in [2.75, 3.05) is 0 Å². The molecule has 3 fully saturated rings. The first-order valence-corrected chi connectivity index (χ1v) is 10.9. The molecule has 3 saturated carbocycles. The summed E-state index contributed by atoms with van der Waals surface area (Å²) in [5.41, 5.74) is 0. The molecule has 30 heavy (non-hydrogen) atoms. The molecule has 0 heterocycles. The van der Waals surface area contributed by atoms with Gasteiger partial charge in [-0.05, 0) is 62.2 Å². The zero-order valence-corrected chi connectivity index (χ0v) is 16.9. The van der Waals surface area contributed by atoms with Crippen LogP contribution in [0.3, 0.4) is 0 Å². The Morgan fingerprint density at radius 1 is 0.700 bits per heavy atom. The van der Waals surface area contributed by atoms with Gasteiger partial charge in [-0.1, -0.05) is 19.8 Å². The van der Waals surface area contributed by atoms with Gasteiger partial charge in [0.15, 0.2) is 0 Å². The van der Waals surface area contributed by atoms with Crippen LogP contribution in [0.5, 0.6) is 0 Å². The Bertz CT molecular complexity index is 526. The van der Waals surface area contributed by atoms with Crippen molar-refractivity contribution in [1.82, 2.24) is 0 Å². The fourth-order valence-electron chi connectivity index (χ4n) is 5.82. The molecule has 3 aliphatic carbocycles. The van der Waals surface area contributed by atoms with Gasteiger partial charge in [0.2, 0.25) is 0 Å². The van der Waals surface area contributed by atoms with Crippen LogP contribution in [0, 0.1) is 29.6 Å². The van der Waals surface area contributed by atoms with Crippen LogP contribution in [-0.2, 0) is 4.74 Å². The summed E-state index contributed by atoms with van der Waals surface area (Å²) in [6.45, 7) is 2.16. The quantitative estimate of drug-likeness (QED) is 0.426. The molecule has 9 heteroatoms. The van der Waals surface area contributed by atoms with E-state index in [1.165, 1.54) is 0 Å². The third-order valence-electron chi connectivity index (χ3n) is 7.47. The number of rotatable bonds is 4. The zero-order chi connectivity index (χ0) is 22.2. The second-order valence-corrected chi connectivity index (χ2v) is 9.58. The highest BCUT2D eigenvalue weighted by Gasteiger charge is 2.52. The van der Waals surface area contributed by atoms with Crippen molar-refractivity contribution in [3.63, 3.8) is 0 Å². The molecule has 176 valence electrons. The van der Waals surface area contributed by atoms with Crippen molar-refractivity contribution in [3.8, 4) is 0 Å². The van der Waals surface area contributed by atoms with Crippen LogP contribution < -0.4 is 0 Å². The molecule has 0 aromatic heterocycles. The first-order chi connectivity index (χ1) is 14.0. The summed E-state index contributed by atoms with van der Waals surface area (Å²) in [7, 11) is 0. The van der Waals surface area contributed by atoms with Gasteiger partial charge in [-0.3, -0.25) is 0 Å². The van der Waals surface area contributed by atoms with Crippen LogP contribution in [0.4, 0.5) is 35.1 Å². The van der Waals surface area contributed by atoms with Gasteiger partial charge in [0.1, 0.15) is 30.8 Å². The lowest BCUT2D eigenvalue weighted by atomic mass is 9.64. The van der Waals surface area contributed by atoms with Gasteiger partial charge in [-0.15, -0.1) is 0 Å². The summed E-state index contributed by atoms with van der Waals surface area (Å²) in [5.74, 6) is -1.41. The third-order valence-corrected chi connectivity index (χ3v) is 7.47. The van der Waals surface area contributed by atoms with Gasteiger partial charge >= 0.3 is 6.18 Å². The highest BCUT2D eigenvalue weighted by Crippen LogP contribution is 2.48. The molecule has 0 saturated heterocycles. The SMILES string of the molecule is CC1CCC(C2CC(F)C(C3CC(F)C(OC(F)C(F)(F)F)C(F)C3)C(F)C2)CC1. The van der Waals surface area contributed by atoms with Crippen LogP contribution in [0.25, 0.3) is 0 Å². The second-order valence-electron chi connectivity index (χ2n) is 9.58. The number of halogens is 8. The fourth-order valence-corrected chi connectivity index (χ4v) is 5.82. The minimum atomic E-state index is -5.39. The lowest BCUT2D eigenvalue weighted by Gasteiger charge is -2.45. The third kappa shape index (κ3) is 5.41. The summed E-state index contributed by atoms with van der Waals surface area (Å²) in [4.78, 5) is 0. The Labute approximate surface area is 171 Å². The molecule has 0 aromatic rings. The van der Waals surface area contributed by atoms with Crippen molar-refractivity contribution in [2.45, 2.75) is 102 Å². The molecule has 0 bridgehead atoms. The van der Waals surface area contributed by atoms with Crippen LogP contribution >= 0.6 is 0 Å². The van der Waals surface area contributed by atoms with E-state index in [1.54, 1.807) is 0 Å². The van der Waals surface area contributed by atoms with Crippen LogP contribution in [0.2, 0.25) is 0 Å². The first-order valence-electron chi connectivity index (χ1n) is 10.9. The standard InChI is InChI=1S/C21H30F8O/c1-10-2-4-11(5-3-10)12-6-14(22)18(15(23)7-12)13-8-16(24)19(17(25)9-13)30-20(26)21(27,28)29/h10-20H,2-9H2,1H3. The Morgan fingerprint density at radius 3 is 1.63 bits per heavy atom. The summed E-state index contributed by atoms with van der Waals surface area (Å²) >= 11 is 0. The van der Waals surface area contributed by atoms with E-state index in [2.05, 4.69) is 11.7 Å². The molecule has 0 aromatic carbocycles. The average molecular weight is 450 g/mol. The molecular formula is C21H30F8O. The number of hydrogen-bond donors (Lipinski definition) is 0. The molecule has 0 spiro atoms. The van der Waals surface area contributed by atoms with Gasteiger partial charge in [0, 0.05) is 5.92 Å². The van der Waals surface area contributed by atoms with E-state index < -0.39 is 68.0 Å². The van der Waals surface area contributed by atoms with Crippen molar-refractivity contribution >= 4 is 0 Å². The minimum absolute atomic E-state index is 0.0974. The minimum Gasteiger partial charge on any atom is -0.332 e. The van der Waals surface area contributed by atoms with Crippen molar-refractivity contribution in [3.05, 3.63) is 0 Å². The molecule has 0 N–H and O–H groups in total.